The Hall–Kier alpha value is -1.50. The second kappa shape index (κ2) is 8.47. The number of carbonyl (C=O) groups excluding carboxylic acids is 1. The van der Waals surface area contributed by atoms with E-state index in [1.165, 1.54) is 6.42 Å². The minimum atomic E-state index is -0.126. The molecule has 1 aliphatic heterocycles. The van der Waals surface area contributed by atoms with E-state index in [9.17, 15) is 4.79 Å². The molecule has 2 N–H and O–H groups in total. The van der Waals surface area contributed by atoms with E-state index >= 15 is 0 Å². The van der Waals surface area contributed by atoms with Gasteiger partial charge < -0.3 is 15.2 Å². The van der Waals surface area contributed by atoms with Crippen LogP contribution >= 0.6 is 23.2 Å². The lowest BCUT2D eigenvalue weighted by atomic mass is 9.80. The molecule has 28 heavy (non-hydrogen) atoms. The second-order valence-corrected chi connectivity index (χ2v) is 8.82. The number of amides is 1. The zero-order chi connectivity index (χ0) is 19.7. The maximum atomic E-state index is 11.3. The molecule has 0 unspecified atom stereocenters. The summed E-state index contributed by atoms with van der Waals surface area (Å²) in [5.41, 5.74) is 6.09. The van der Waals surface area contributed by atoms with Crippen molar-refractivity contribution in [2.45, 2.75) is 32.1 Å². The molecule has 4 rings (SSSR count). The number of nitrogens with zero attached hydrogens (tertiary/aromatic N) is 3. The highest BCUT2D eigenvalue weighted by Gasteiger charge is 2.26. The van der Waals surface area contributed by atoms with Gasteiger partial charge in [-0.25, -0.2) is 0 Å². The van der Waals surface area contributed by atoms with Gasteiger partial charge in [-0.2, -0.15) is 0 Å². The molecule has 1 saturated heterocycles. The van der Waals surface area contributed by atoms with Crippen LogP contribution in [0.4, 0.5) is 5.82 Å². The van der Waals surface area contributed by atoms with Gasteiger partial charge in [-0.3, -0.25) is 9.69 Å². The van der Waals surface area contributed by atoms with E-state index < -0.39 is 0 Å². The Morgan fingerprint density at radius 1 is 1.11 bits per heavy atom. The number of rotatable bonds is 5. The molecule has 152 valence electrons. The molecule has 8 heteroatoms. The first-order valence-corrected chi connectivity index (χ1v) is 10.8. The summed E-state index contributed by atoms with van der Waals surface area (Å²) < 4.78 is 5.44. The minimum Gasteiger partial charge on any atom is -0.369 e. The van der Waals surface area contributed by atoms with Crippen LogP contribution in [0.3, 0.4) is 0 Å². The van der Waals surface area contributed by atoms with Gasteiger partial charge in [-0.15, -0.1) is 0 Å². The molecule has 6 nitrogen and oxygen atoms in total. The van der Waals surface area contributed by atoms with Crippen LogP contribution in [0.5, 0.6) is 0 Å². The first-order valence-electron chi connectivity index (χ1n) is 10.0. The van der Waals surface area contributed by atoms with E-state index in [4.69, 9.17) is 33.5 Å². The van der Waals surface area contributed by atoms with Crippen molar-refractivity contribution in [3.8, 4) is 0 Å². The van der Waals surface area contributed by atoms with Gasteiger partial charge >= 0.3 is 0 Å². The summed E-state index contributed by atoms with van der Waals surface area (Å²) >= 11 is 12.2. The molecule has 0 radical (unpaired) electrons. The van der Waals surface area contributed by atoms with Crippen LogP contribution in [0.25, 0.3) is 11.0 Å². The van der Waals surface area contributed by atoms with Gasteiger partial charge in [-0.1, -0.05) is 28.4 Å². The number of halogens is 2. The lowest BCUT2D eigenvalue weighted by Gasteiger charge is -2.36. The first kappa shape index (κ1) is 19.8. The van der Waals surface area contributed by atoms with E-state index in [1.54, 1.807) is 6.07 Å². The topological polar surface area (TPSA) is 75.6 Å². The number of primary amides is 1. The molecule has 1 amide bonds. The minimum absolute atomic E-state index is 0.0977. The summed E-state index contributed by atoms with van der Waals surface area (Å²) in [6.45, 7) is 4.95. The number of piperazine rings is 1. The predicted molar refractivity (Wildman–Crippen MR) is 112 cm³/mol. The summed E-state index contributed by atoms with van der Waals surface area (Å²) in [6.07, 6.45) is 5.37. The normalized spacial score (nSPS) is 24.0. The van der Waals surface area contributed by atoms with Gasteiger partial charge in [0.2, 0.25) is 5.91 Å². The highest BCUT2D eigenvalue weighted by molar-refractivity contribution is 6.42. The van der Waals surface area contributed by atoms with E-state index in [2.05, 4.69) is 15.0 Å². The Morgan fingerprint density at radius 3 is 2.46 bits per heavy atom. The summed E-state index contributed by atoms with van der Waals surface area (Å²) in [5, 5.41) is 6.15. The van der Waals surface area contributed by atoms with E-state index in [1.807, 2.05) is 6.07 Å². The Labute approximate surface area is 174 Å². The van der Waals surface area contributed by atoms with Crippen molar-refractivity contribution in [2.24, 2.45) is 17.6 Å². The molecular weight excluding hydrogens is 399 g/mol. The predicted octanol–water partition coefficient (Wildman–Crippen LogP) is 3.94. The zero-order valence-corrected chi connectivity index (χ0v) is 17.4. The molecular formula is C20H26Cl2N4O2. The maximum Gasteiger partial charge on any atom is 0.220 e. The number of fused-ring (bicyclic) bond motifs is 1. The van der Waals surface area contributed by atoms with E-state index in [-0.39, 0.29) is 11.8 Å². The van der Waals surface area contributed by atoms with Crippen molar-refractivity contribution in [3.63, 3.8) is 0 Å². The van der Waals surface area contributed by atoms with Crippen molar-refractivity contribution in [1.82, 2.24) is 10.1 Å². The number of anilines is 1. The van der Waals surface area contributed by atoms with Gasteiger partial charge in [0.25, 0.3) is 0 Å². The molecule has 0 spiro atoms. The molecule has 1 saturated carbocycles. The Morgan fingerprint density at radius 2 is 1.79 bits per heavy atom. The summed E-state index contributed by atoms with van der Waals surface area (Å²) in [6, 6.07) is 3.55. The largest absolute Gasteiger partial charge is 0.369 e. The highest BCUT2D eigenvalue weighted by Crippen LogP contribution is 2.34. The Kier molecular flexibility index (Phi) is 5.99. The van der Waals surface area contributed by atoms with Gasteiger partial charge in [0.05, 0.1) is 15.4 Å². The average Bonchev–Trinajstić information content (AvgIpc) is 3.10. The van der Waals surface area contributed by atoms with Crippen molar-refractivity contribution >= 4 is 45.9 Å². The van der Waals surface area contributed by atoms with Gasteiger partial charge in [-0.05, 0) is 50.6 Å². The van der Waals surface area contributed by atoms with Crippen LogP contribution in [0.1, 0.15) is 32.1 Å². The summed E-state index contributed by atoms with van der Waals surface area (Å²) in [4.78, 5) is 16.1. The lowest BCUT2D eigenvalue weighted by Crippen LogP contribution is -2.47. The van der Waals surface area contributed by atoms with Crippen LogP contribution < -0.4 is 10.6 Å². The lowest BCUT2D eigenvalue weighted by molar-refractivity contribution is -0.123. The fourth-order valence-electron chi connectivity index (χ4n) is 4.43. The van der Waals surface area contributed by atoms with Crippen LogP contribution in [-0.2, 0) is 4.79 Å². The third-order valence-electron chi connectivity index (χ3n) is 6.27. The fourth-order valence-corrected chi connectivity index (χ4v) is 4.75. The number of benzene rings is 1. The summed E-state index contributed by atoms with van der Waals surface area (Å²) in [7, 11) is 0. The van der Waals surface area contributed by atoms with Crippen molar-refractivity contribution in [3.05, 3.63) is 22.2 Å². The molecule has 0 bridgehead atoms. The molecule has 1 aromatic heterocycles. The number of hydrogen-bond donors (Lipinski definition) is 1. The first-order chi connectivity index (χ1) is 13.5. The van der Waals surface area contributed by atoms with Crippen LogP contribution in [0.15, 0.2) is 16.7 Å². The van der Waals surface area contributed by atoms with Gasteiger partial charge in [0.1, 0.15) is 0 Å². The van der Waals surface area contributed by atoms with Crippen LogP contribution in [0, 0.1) is 11.8 Å². The average molecular weight is 425 g/mol. The van der Waals surface area contributed by atoms with Crippen molar-refractivity contribution < 1.29 is 9.32 Å². The Bertz CT molecular complexity index is 840. The number of hydrogen-bond acceptors (Lipinski definition) is 5. The highest BCUT2D eigenvalue weighted by atomic mass is 35.5. The molecule has 1 aromatic carbocycles. The zero-order valence-electron chi connectivity index (χ0n) is 15.9. The molecule has 2 heterocycles. The molecule has 1 aliphatic carbocycles. The van der Waals surface area contributed by atoms with Crippen molar-refractivity contribution in [2.75, 3.05) is 37.6 Å². The van der Waals surface area contributed by atoms with E-state index in [0.717, 1.165) is 75.5 Å². The molecule has 2 fully saturated rings. The Balaban J connectivity index is 1.27. The smallest absolute Gasteiger partial charge is 0.220 e. The fraction of sp³-hybridized carbons (Fsp3) is 0.600. The van der Waals surface area contributed by atoms with Crippen LogP contribution in [0.2, 0.25) is 10.0 Å². The third-order valence-corrected chi connectivity index (χ3v) is 6.99. The number of nitrogens with two attached hydrogens (primary N) is 1. The third kappa shape index (κ3) is 4.24. The standard InChI is InChI=1S/C20H26Cl2N4O2/c21-16-11-15-18(12-17(16)22)28-24-20(15)26-9-7-25(8-10-26)6-5-13-1-3-14(4-2-13)19(23)27/h11-14H,1-10H2,(H2,23,27). The molecule has 2 aromatic rings. The molecule has 2 aliphatic rings. The quantitative estimate of drug-likeness (QED) is 0.786. The van der Waals surface area contributed by atoms with Gasteiger partial charge in [0, 0.05) is 38.2 Å². The van der Waals surface area contributed by atoms with Gasteiger partial charge in [0.15, 0.2) is 11.4 Å². The monoisotopic (exact) mass is 424 g/mol. The van der Waals surface area contributed by atoms with E-state index in [0.29, 0.717) is 15.6 Å². The summed E-state index contributed by atoms with van der Waals surface area (Å²) in [5.74, 6) is 1.54. The van der Waals surface area contributed by atoms with Crippen molar-refractivity contribution in [1.29, 1.82) is 0 Å². The SMILES string of the molecule is NC(=O)C1CCC(CCN2CCN(c3noc4cc(Cl)c(Cl)cc34)CC2)CC1. The second-order valence-electron chi connectivity index (χ2n) is 8.01. The number of carbonyl (C=O) groups is 1. The maximum absolute atomic E-state index is 11.3. The molecule has 0 atom stereocenters. The van der Waals surface area contributed by atoms with Crippen LogP contribution in [-0.4, -0.2) is 48.7 Å². The number of aromatic nitrogens is 1.